The molecule has 0 aromatic heterocycles. The summed E-state index contributed by atoms with van der Waals surface area (Å²) in [6, 6.07) is 12.1. The molecular formula is C26H35F. The molecule has 2 aliphatic rings. The van der Waals surface area contributed by atoms with Crippen LogP contribution in [-0.4, -0.2) is 0 Å². The van der Waals surface area contributed by atoms with Crippen molar-refractivity contribution in [2.45, 2.75) is 83.5 Å². The van der Waals surface area contributed by atoms with E-state index < -0.39 is 0 Å². The molecule has 1 heteroatoms. The lowest BCUT2D eigenvalue weighted by Crippen LogP contribution is -2.30. The number of fused-ring (bicyclic) bond motifs is 2. The van der Waals surface area contributed by atoms with Crippen LogP contribution in [0.25, 0.3) is 10.8 Å². The number of hydrogen-bond donors (Lipinski definition) is 0. The maximum absolute atomic E-state index is 15.1. The van der Waals surface area contributed by atoms with Crippen LogP contribution in [0.1, 0.15) is 89.0 Å². The minimum Gasteiger partial charge on any atom is -0.206 e. The van der Waals surface area contributed by atoms with Crippen molar-refractivity contribution in [1.82, 2.24) is 0 Å². The van der Waals surface area contributed by atoms with Crippen molar-refractivity contribution >= 4 is 10.8 Å². The van der Waals surface area contributed by atoms with Crippen molar-refractivity contribution in [2.24, 2.45) is 17.8 Å². The Morgan fingerprint density at radius 3 is 2.56 bits per heavy atom. The summed E-state index contributed by atoms with van der Waals surface area (Å²) >= 11 is 0. The molecule has 146 valence electrons. The highest BCUT2D eigenvalue weighted by Crippen LogP contribution is 2.49. The van der Waals surface area contributed by atoms with Crippen molar-refractivity contribution in [1.29, 1.82) is 0 Å². The molecule has 2 saturated carbocycles. The predicted molar refractivity (Wildman–Crippen MR) is 114 cm³/mol. The summed E-state index contributed by atoms with van der Waals surface area (Å²) in [4.78, 5) is 0. The fourth-order valence-corrected chi connectivity index (χ4v) is 5.96. The van der Waals surface area contributed by atoms with Crippen LogP contribution in [0, 0.1) is 23.6 Å². The molecule has 27 heavy (non-hydrogen) atoms. The molecule has 2 aromatic rings. The average Bonchev–Trinajstić information content (AvgIpc) is 2.71. The zero-order valence-electron chi connectivity index (χ0n) is 16.9. The van der Waals surface area contributed by atoms with Crippen LogP contribution in [0.2, 0.25) is 0 Å². The largest absolute Gasteiger partial charge is 0.206 e. The summed E-state index contributed by atoms with van der Waals surface area (Å²) in [5.41, 5.74) is 0.980. The molecule has 4 unspecified atom stereocenters. The van der Waals surface area contributed by atoms with Crippen molar-refractivity contribution in [3.05, 3.63) is 47.8 Å². The molecule has 2 aliphatic carbocycles. The standard InChI is InChI=1S/C26H35F/c1-2-3-4-5-8-19-11-12-22-18-23(14-13-21(22)17-19)25-16-15-20-9-6-7-10-24(20)26(25)27/h6-7,9-10,15-16,19,21-23H,2-5,8,11-14,17-18H2,1H3. The van der Waals surface area contributed by atoms with E-state index in [9.17, 15) is 0 Å². The predicted octanol–water partition coefficient (Wildman–Crippen LogP) is 8.25. The Balaban J connectivity index is 1.38. The fraction of sp³-hybridized carbons (Fsp3) is 0.615. The van der Waals surface area contributed by atoms with Crippen LogP contribution < -0.4 is 0 Å². The summed E-state index contributed by atoms with van der Waals surface area (Å²) in [5.74, 6) is 3.19. The first-order valence-electron chi connectivity index (χ1n) is 11.4. The Morgan fingerprint density at radius 1 is 0.852 bits per heavy atom. The smallest absolute Gasteiger partial charge is 0.134 e. The first-order valence-corrected chi connectivity index (χ1v) is 11.4. The second-order valence-electron chi connectivity index (χ2n) is 9.25. The zero-order valence-corrected chi connectivity index (χ0v) is 16.9. The van der Waals surface area contributed by atoms with Gasteiger partial charge >= 0.3 is 0 Å². The number of halogens is 1. The van der Waals surface area contributed by atoms with Crippen LogP contribution in [0.5, 0.6) is 0 Å². The van der Waals surface area contributed by atoms with Gasteiger partial charge in [-0.15, -0.1) is 0 Å². The van der Waals surface area contributed by atoms with Gasteiger partial charge in [-0.05, 0) is 66.7 Å². The Hall–Kier alpha value is -1.37. The molecule has 4 atom stereocenters. The molecule has 4 rings (SSSR count). The van der Waals surface area contributed by atoms with Crippen molar-refractivity contribution in [3.63, 3.8) is 0 Å². The summed E-state index contributed by atoms with van der Waals surface area (Å²) in [5, 5.41) is 1.82. The minimum atomic E-state index is 0.0427. The van der Waals surface area contributed by atoms with Crippen LogP contribution >= 0.6 is 0 Å². The zero-order chi connectivity index (χ0) is 18.6. The highest BCUT2D eigenvalue weighted by Gasteiger charge is 2.36. The van der Waals surface area contributed by atoms with E-state index in [0.717, 1.165) is 34.1 Å². The first-order chi connectivity index (χ1) is 13.3. The molecule has 0 amide bonds. The molecule has 0 aliphatic heterocycles. The van der Waals surface area contributed by atoms with Gasteiger partial charge in [0, 0.05) is 5.39 Å². The van der Waals surface area contributed by atoms with Crippen molar-refractivity contribution in [3.8, 4) is 0 Å². The van der Waals surface area contributed by atoms with Gasteiger partial charge in [0.1, 0.15) is 5.82 Å². The summed E-state index contributed by atoms with van der Waals surface area (Å²) in [6.45, 7) is 2.29. The lowest BCUT2D eigenvalue weighted by Gasteiger charge is -2.42. The van der Waals surface area contributed by atoms with Gasteiger partial charge in [0.2, 0.25) is 0 Å². The Kier molecular flexibility index (Phi) is 6.15. The molecule has 0 spiro atoms. The fourth-order valence-electron chi connectivity index (χ4n) is 5.96. The van der Waals surface area contributed by atoms with Gasteiger partial charge in [-0.3, -0.25) is 0 Å². The molecule has 0 saturated heterocycles. The molecule has 2 fully saturated rings. The van der Waals surface area contributed by atoms with Gasteiger partial charge in [-0.25, -0.2) is 4.39 Å². The van der Waals surface area contributed by atoms with Crippen LogP contribution in [-0.2, 0) is 0 Å². The van der Waals surface area contributed by atoms with Gasteiger partial charge in [0.05, 0.1) is 0 Å². The minimum absolute atomic E-state index is 0.0427. The van der Waals surface area contributed by atoms with E-state index in [2.05, 4.69) is 19.1 Å². The van der Waals surface area contributed by atoms with E-state index in [1.54, 1.807) is 0 Å². The quantitative estimate of drug-likeness (QED) is 0.451. The van der Waals surface area contributed by atoms with Gasteiger partial charge in [-0.1, -0.05) is 81.8 Å². The van der Waals surface area contributed by atoms with E-state index >= 15 is 4.39 Å². The van der Waals surface area contributed by atoms with E-state index in [1.165, 1.54) is 70.6 Å². The summed E-state index contributed by atoms with van der Waals surface area (Å²) < 4.78 is 15.1. The monoisotopic (exact) mass is 366 g/mol. The summed E-state index contributed by atoms with van der Waals surface area (Å²) in [6.07, 6.45) is 15.0. The lowest BCUT2D eigenvalue weighted by molar-refractivity contribution is 0.112. The molecule has 0 N–H and O–H groups in total. The second-order valence-corrected chi connectivity index (χ2v) is 9.25. The molecule has 0 bridgehead atoms. The maximum atomic E-state index is 15.1. The van der Waals surface area contributed by atoms with Gasteiger partial charge in [0.25, 0.3) is 0 Å². The lowest BCUT2D eigenvalue weighted by atomic mass is 9.63. The van der Waals surface area contributed by atoms with E-state index in [1.807, 2.05) is 24.3 Å². The van der Waals surface area contributed by atoms with E-state index in [-0.39, 0.29) is 5.82 Å². The molecule has 2 aromatic carbocycles. The van der Waals surface area contributed by atoms with Gasteiger partial charge in [0.15, 0.2) is 0 Å². The average molecular weight is 367 g/mol. The number of benzene rings is 2. The normalized spacial score (nSPS) is 28.2. The maximum Gasteiger partial charge on any atom is 0.134 e. The molecular weight excluding hydrogens is 331 g/mol. The first kappa shape index (κ1) is 19.0. The molecule has 0 radical (unpaired) electrons. The summed E-state index contributed by atoms with van der Waals surface area (Å²) in [7, 11) is 0. The van der Waals surface area contributed by atoms with E-state index in [4.69, 9.17) is 0 Å². The topological polar surface area (TPSA) is 0 Å². The highest BCUT2D eigenvalue weighted by atomic mass is 19.1. The number of unbranched alkanes of at least 4 members (excludes halogenated alkanes) is 3. The van der Waals surface area contributed by atoms with Crippen molar-refractivity contribution in [2.75, 3.05) is 0 Å². The second kappa shape index (κ2) is 8.76. The van der Waals surface area contributed by atoms with Gasteiger partial charge < -0.3 is 0 Å². The molecule has 0 nitrogen and oxygen atoms in total. The van der Waals surface area contributed by atoms with Crippen LogP contribution in [0.4, 0.5) is 4.39 Å². The Morgan fingerprint density at radius 2 is 1.67 bits per heavy atom. The number of rotatable bonds is 6. The Bertz CT molecular complexity index is 749. The third-order valence-corrected chi connectivity index (χ3v) is 7.52. The third-order valence-electron chi connectivity index (χ3n) is 7.52. The number of hydrogen-bond acceptors (Lipinski definition) is 0. The molecule has 0 heterocycles. The van der Waals surface area contributed by atoms with E-state index in [0.29, 0.717) is 5.92 Å². The van der Waals surface area contributed by atoms with Crippen LogP contribution in [0.3, 0.4) is 0 Å². The van der Waals surface area contributed by atoms with Crippen molar-refractivity contribution < 1.29 is 4.39 Å². The third kappa shape index (κ3) is 4.23. The van der Waals surface area contributed by atoms with Crippen LogP contribution in [0.15, 0.2) is 36.4 Å². The van der Waals surface area contributed by atoms with Gasteiger partial charge in [-0.2, -0.15) is 0 Å². The SMILES string of the molecule is CCCCCCC1CCC2CC(c3ccc4ccccc4c3F)CCC2C1. The Labute approximate surface area is 164 Å². The highest BCUT2D eigenvalue weighted by molar-refractivity contribution is 5.83.